The van der Waals surface area contributed by atoms with Gasteiger partial charge in [0.15, 0.2) is 0 Å². The molecule has 2 atom stereocenters. The van der Waals surface area contributed by atoms with Gasteiger partial charge in [-0.2, -0.15) is 0 Å². The van der Waals surface area contributed by atoms with Crippen molar-refractivity contribution >= 4 is 15.9 Å². The second-order valence-electron chi connectivity index (χ2n) is 3.15. The molecule has 0 rings (SSSR count). The van der Waals surface area contributed by atoms with E-state index in [1.807, 2.05) is 0 Å². The zero-order valence-corrected chi connectivity index (χ0v) is 9.84. The van der Waals surface area contributed by atoms with E-state index in [0.717, 1.165) is 19.5 Å². The monoisotopic (exact) mass is 237 g/mol. The molecule has 74 valence electrons. The van der Waals surface area contributed by atoms with Crippen LogP contribution in [0.2, 0.25) is 0 Å². The molecule has 3 heteroatoms. The molecule has 0 aliphatic rings. The first kappa shape index (κ1) is 12.4. The van der Waals surface area contributed by atoms with Crippen molar-refractivity contribution in [3.05, 3.63) is 0 Å². The number of hydrogen-bond acceptors (Lipinski definition) is 2. The number of hydrogen-bond donors (Lipinski definition) is 1. The third kappa shape index (κ3) is 4.43. The topological polar surface area (TPSA) is 23.5 Å². The van der Waals surface area contributed by atoms with Gasteiger partial charge in [-0.05, 0) is 19.9 Å². The Morgan fingerprint density at radius 2 is 2.00 bits per heavy atom. The number of nitrogens with zero attached hydrogens (tertiary/aromatic N) is 1. The Labute approximate surface area is 84.1 Å². The lowest BCUT2D eigenvalue weighted by molar-refractivity contribution is 0.109. The van der Waals surface area contributed by atoms with Gasteiger partial charge < -0.3 is 5.11 Å². The third-order valence-corrected chi connectivity index (χ3v) is 2.99. The molecule has 0 radical (unpaired) electrons. The molecular weight excluding hydrogens is 218 g/mol. The summed E-state index contributed by atoms with van der Waals surface area (Å²) in [5.74, 6) is 0. The summed E-state index contributed by atoms with van der Waals surface area (Å²) in [6, 6.07) is 0.573. The number of alkyl halides is 1. The average Bonchev–Trinajstić information content (AvgIpc) is 2.12. The quantitative estimate of drug-likeness (QED) is 0.714. The molecule has 1 N–H and O–H groups in total. The summed E-state index contributed by atoms with van der Waals surface area (Å²) >= 11 is 3.27. The summed E-state index contributed by atoms with van der Waals surface area (Å²) in [5.41, 5.74) is 0. The fourth-order valence-electron chi connectivity index (χ4n) is 1.20. The highest BCUT2D eigenvalue weighted by molar-refractivity contribution is 9.09. The Morgan fingerprint density at radius 1 is 1.42 bits per heavy atom. The van der Waals surface area contributed by atoms with Crippen molar-refractivity contribution in [3.63, 3.8) is 0 Å². The van der Waals surface area contributed by atoms with Crippen LogP contribution in [0.15, 0.2) is 0 Å². The Bertz CT molecular complexity index is 111. The molecule has 0 amide bonds. The minimum Gasteiger partial charge on any atom is -0.391 e. The number of halogens is 1. The Balaban J connectivity index is 3.81. The largest absolute Gasteiger partial charge is 0.391 e. The SMILES string of the molecule is CCC(C)N(CC)CC(O)CBr. The van der Waals surface area contributed by atoms with Crippen LogP contribution in [0.3, 0.4) is 0 Å². The van der Waals surface area contributed by atoms with Gasteiger partial charge in [-0.3, -0.25) is 4.90 Å². The average molecular weight is 238 g/mol. The minimum absolute atomic E-state index is 0.237. The number of aliphatic hydroxyl groups excluding tert-OH is 1. The van der Waals surface area contributed by atoms with E-state index in [2.05, 4.69) is 41.6 Å². The maximum atomic E-state index is 9.42. The molecule has 0 heterocycles. The zero-order valence-electron chi connectivity index (χ0n) is 8.26. The molecule has 0 saturated carbocycles. The number of rotatable bonds is 6. The van der Waals surface area contributed by atoms with Gasteiger partial charge in [0, 0.05) is 17.9 Å². The van der Waals surface area contributed by atoms with Crippen molar-refractivity contribution in [2.75, 3.05) is 18.4 Å². The van der Waals surface area contributed by atoms with Crippen molar-refractivity contribution in [2.24, 2.45) is 0 Å². The van der Waals surface area contributed by atoms with Crippen molar-refractivity contribution in [3.8, 4) is 0 Å². The van der Waals surface area contributed by atoms with E-state index in [-0.39, 0.29) is 6.10 Å². The van der Waals surface area contributed by atoms with Crippen molar-refractivity contribution < 1.29 is 5.11 Å². The van der Waals surface area contributed by atoms with Gasteiger partial charge in [0.05, 0.1) is 6.10 Å². The summed E-state index contributed by atoms with van der Waals surface area (Å²) in [6.07, 6.45) is 0.905. The minimum atomic E-state index is -0.237. The van der Waals surface area contributed by atoms with Gasteiger partial charge >= 0.3 is 0 Å². The van der Waals surface area contributed by atoms with Gasteiger partial charge in [0.2, 0.25) is 0 Å². The lowest BCUT2D eigenvalue weighted by atomic mass is 10.2. The first-order valence-corrected chi connectivity index (χ1v) is 5.75. The van der Waals surface area contributed by atoms with Crippen molar-refractivity contribution in [1.29, 1.82) is 0 Å². The molecular formula is C9H20BrNO. The van der Waals surface area contributed by atoms with Gasteiger partial charge in [0.25, 0.3) is 0 Å². The van der Waals surface area contributed by atoms with Crippen molar-refractivity contribution in [2.45, 2.75) is 39.3 Å². The van der Waals surface area contributed by atoms with Gasteiger partial charge in [-0.15, -0.1) is 0 Å². The van der Waals surface area contributed by atoms with Crippen LogP contribution < -0.4 is 0 Å². The molecule has 0 aromatic heterocycles. The van der Waals surface area contributed by atoms with E-state index in [0.29, 0.717) is 11.4 Å². The molecule has 0 aromatic carbocycles. The summed E-state index contributed by atoms with van der Waals surface area (Å²) in [5, 5.41) is 10.1. The van der Waals surface area contributed by atoms with Crippen LogP contribution in [-0.2, 0) is 0 Å². The van der Waals surface area contributed by atoms with Crippen LogP contribution in [0.25, 0.3) is 0 Å². The maximum Gasteiger partial charge on any atom is 0.0763 e. The molecule has 0 aliphatic carbocycles. The van der Waals surface area contributed by atoms with Gasteiger partial charge in [-0.25, -0.2) is 0 Å². The Morgan fingerprint density at radius 3 is 2.33 bits per heavy atom. The van der Waals surface area contributed by atoms with E-state index in [9.17, 15) is 5.11 Å². The van der Waals surface area contributed by atoms with E-state index in [1.165, 1.54) is 0 Å². The highest BCUT2D eigenvalue weighted by Crippen LogP contribution is 2.04. The summed E-state index contributed by atoms with van der Waals surface area (Å²) < 4.78 is 0. The molecule has 2 unspecified atom stereocenters. The molecule has 0 bridgehead atoms. The summed E-state index contributed by atoms with van der Waals surface area (Å²) in [4.78, 5) is 2.30. The lowest BCUT2D eigenvalue weighted by Gasteiger charge is -2.28. The molecule has 0 aliphatic heterocycles. The standard InChI is InChI=1S/C9H20BrNO/c1-4-8(3)11(5-2)7-9(12)6-10/h8-9,12H,4-7H2,1-3H3. The smallest absolute Gasteiger partial charge is 0.0763 e. The van der Waals surface area contributed by atoms with Crippen LogP contribution in [0.5, 0.6) is 0 Å². The highest BCUT2D eigenvalue weighted by atomic mass is 79.9. The molecule has 2 nitrogen and oxygen atoms in total. The number of likely N-dealkylation sites (N-methyl/N-ethyl adjacent to an activating group) is 1. The van der Waals surface area contributed by atoms with Gasteiger partial charge in [0.1, 0.15) is 0 Å². The lowest BCUT2D eigenvalue weighted by Crippen LogP contribution is -2.39. The number of aliphatic hydroxyl groups is 1. The van der Waals surface area contributed by atoms with Crippen molar-refractivity contribution in [1.82, 2.24) is 4.90 Å². The van der Waals surface area contributed by atoms with Crippen LogP contribution in [0.4, 0.5) is 0 Å². The Kier molecular flexibility index (Phi) is 7.10. The molecule has 0 fully saturated rings. The van der Waals surface area contributed by atoms with Crippen LogP contribution in [-0.4, -0.2) is 40.6 Å². The van der Waals surface area contributed by atoms with E-state index >= 15 is 0 Å². The predicted molar refractivity (Wildman–Crippen MR) is 56.8 cm³/mol. The van der Waals surface area contributed by atoms with E-state index in [4.69, 9.17) is 0 Å². The molecule has 0 spiro atoms. The third-order valence-electron chi connectivity index (χ3n) is 2.24. The van der Waals surface area contributed by atoms with E-state index in [1.54, 1.807) is 0 Å². The first-order chi connectivity index (χ1) is 5.65. The Hall–Kier alpha value is 0.400. The molecule has 0 saturated heterocycles. The molecule has 12 heavy (non-hydrogen) atoms. The van der Waals surface area contributed by atoms with E-state index < -0.39 is 0 Å². The zero-order chi connectivity index (χ0) is 9.56. The first-order valence-electron chi connectivity index (χ1n) is 4.63. The second kappa shape index (κ2) is 6.87. The van der Waals surface area contributed by atoms with Crippen LogP contribution in [0.1, 0.15) is 27.2 Å². The van der Waals surface area contributed by atoms with Crippen LogP contribution >= 0.6 is 15.9 Å². The summed E-state index contributed by atoms with van der Waals surface area (Å²) in [6.45, 7) is 8.29. The summed E-state index contributed by atoms with van der Waals surface area (Å²) in [7, 11) is 0. The van der Waals surface area contributed by atoms with Crippen LogP contribution in [0, 0.1) is 0 Å². The highest BCUT2D eigenvalue weighted by Gasteiger charge is 2.13. The maximum absolute atomic E-state index is 9.42. The second-order valence-corrected chi connectivity index (χ2v) is 3.80. The predicted octanol–water partition coefficient (Wildman–Crippen LogP) is 1.86. The van der Waals surface area contributed by atoms with Gasteiger partial charge in [-0.1, -0.05) is 29.8 Å². The molecule has 0 aromatic rings. The fraction of sp³-hybridized carbons (Fsp3) is 1.00. The normalized spacial score (nSPS) is 16.5. The fourth-order valence-corrected chi connectivity index (χ4v) is 1.40.